The minimum absolute atomic E-state index is 0.303. The van der Waals surface area contributed by atoms with E-state index in [1.807, 2.05) is 41.1 Å². The number of nitrogens with two attached hydrogens (primary N) is 1. The van der Waals surface area contributed by atoms with Crippen molar-refractivity contribution in [2.75, 3.05) is 5.32 Å². The zero-order valence-electron chi connectivity index (χ0n) is 16.4. The lowest BCUT2D eigenvalue weighted by Gasteiger charge is -2.26. The highest BCUT2D eigenvalue weighted by Gasteiger charge is 2.20. The van der Waals surface area contributed by atoms with Crippen molar-refractivity contribution >= 4 is 23.2 Å². The van der Waals surface area contributed by atoms with E-state index in [-0.39, 0.29) is 0 Å². The van der Waals surface area contributed by atoms with E-state index < -0.39 is 0 Å². The molecule has 4 aromatic heterocycles. The molecule has 1 fully saturated rings. The number of hydrogen-bond acceptors (Lipinski definition) is 6. The number of nitrogens with zero attached hydrogens (tertiary/aromatic N) is 5. The van der Waals surface area contributed by atoms with Crippen LogP contribution in [0.4, 0.5) is 5.95 Å². The predicted octanol–water partition coefficient (Wildman–Crippen LogP) is 4.19. The molecule has 0 aliphatic heterocycles. The molecule has 30 heavy (non-hydrogen) atoms. The smallest absolute Gasteiger partial charge is 0.223 e. The van der Waals surface area contributed by atoms with Crippen LogP contribution >= 0.6 is 11.6 Å². The van der Waals surface area contributed by atoms with Gasteiger partial charge in [0.2, 0.25) is 5.95 Å². The van der Waals surface area contributed by atoms with Crippen molar-refractivity contribution in [3.8, 4) is 22.5 Å². The lowest BCUT2D eigenvalue weighted by atomic mass is 9.92. The molecule has 0 atom stereocenters. The summed E-state index contributed by atoms with van der Waals surface area (Å²) in [6.07, 6.45) is 13.1. The highest BCUT2D eigenvalue weighted by Crippen LogP contribution is 2.29. The highest BCUT2D eigenvalue weighted by atomic mass is 35.5. The first-order valence-electron chi connectivity index (χ1n) is 10.1. The summed E-state index contributed by atoms with van der Waals surface area (Å²) in [6.45, 7) is 0. The molecule has 1 aliphatic carbocycles. The fourth-order valence-electron chi connectivity index (χ4n) is 3.92. The van der Waals surface area contributed by atoms with Crippen LogP contribution in [0, 0.1) is 0 Å². The van der Waals surface area contributed by atoms with Gasteiger partial charge in [-0.3, -0.25) is 9.38 Å². The van der Waals surface area contributed by atoms with Crippen LogP contribution in [0.5, 0.6) is 0 Å². The maximum Gasteiger partial charge on any atom is 0.223 e. The van der Waals surface area contributed by atoms with E-state index in [0.717, 1.165) is 48.2 Å². The summed E-state index contributed by atoms with van der Waals surface area (Å²) in [4.78, 5) is 17.8. The molecule has 8 heteroatoms. The average Bonchev–Trinajstić information content (AvgIpc) is 3.20. The lowest BCUT2D eigenvalue weighted by Crippen LogP contribution is -2.33. The first-order chi connectivity index (χ1) is 14.7. The summed E-state index contributed by atoms with van der Waals surface area (Å²) < 4.78 is 2.00. The molecule has 0 spiro atoms. The summed E-state index contributed by atoms with van der Waals surface area (Å²) in [5, 5.41) is 3.93. The van der Waals surface area contributed by atoms with Gasteiger partial charge in [0.1, 0.15) is 11.3 Å². The normalized spacial score (nSPS) is 19.1. The number of pyridine rings is 2. The van der Waals surface area contributed by atoms with Gasteiger partial charge < -0.3 is 11.1 Å². The zero-order valence-corrected chi connectivity index (χ0v) is 17.1. The summed E-state index contributed by atoms with van der Waals surface area (Å²) in [7, 11) is 0. The molecule has 0 bridgehead atoms. The van der Waals surface area contributed by atoms with E-state index >= 15 is 0 Å². The Kier molecular flexibility index (Phi) is 5.06. The summed E-state index contributed by atoms with van der Waals surface area (Å²) in [6, 6.07) is 8.60. The van der Waals surface area contributed by atoms with Crippen molar-refractivity contribution in [3.05, 3.63) is 60.3 Å². The van der Waals surface area contributed by atoms with Crippen LogP contribution < -0.4 is 11.1 Å². The Hall–Kier alpha value is -3.03. The largest absolute Gasteiger partial charge is 0.351 e. The molecule has 0 amide bonds. The topological polar surface area (TPSA) is 94.0 Å². The Morgan fingerprint density at radius 2 is 1.87 bits per heavy atom. The highest BCUT2D eigenvalue weighted by molar-refractivity contribution is 6.32. The third kappa shape index (κ3) is 3.74. The second-order valence-electron chi connectivity index (χ2n) is 7.68. The predicted molar refractivity (Wildman–Crippen MR) is 118 cm³/mol. The van der Waals surface area contributed by atoms with E-state index in [2.05, 4.69) is 20.3 Å². The van der Waals surface area contributed by atoms with Gasteiger partial charge in [-0.2, -0.15) is 0 Å². The van der Waals surface area contributed by atoms with Crippen molar-refractivity contribution in [2.24, 2.45) is 5.73 Å². The Morgan fingerprint density at radius 3 is 2.67 bits per heavy atom. The van der Waals surface area contributed by atoms with Crippen molar-refractivity contribution in [3.63, 3.8) is 0 Å². The molecule has 4 aromatic rings. The number of halogens is 1. The summed E-state index contributed by atoms with van der Waals surface area (Å²) in [5.41, 5.74) is 10.4. The van der Waals surface area contributed by atoms with Crippen molar-refractivity contribution in [2.45, 2.75) is 37.8 Å². The van der Waals surface area contributed by atoms with Gasteiger partial charge in [-0.25, -0.2) is 15.0 Å². The van der Waals surface area contributed by atoms with Crippen LogP contribution in [0.1, 0.15) is 25.7 Å². The molecule has 1 aliphatic rings. The molecule has 0 saturated heterocycles. The molecular weight excluding hydrogens is 398 g/mol. The minimum atomic E-state index is 0.303. The minimum Gasteiger partial charge on any atom is -0.351 e. The second kappa shape index (κ2) is 8.01. The van der Waals surface area contributed by atoms with Gasteiger partial charge >= 0.3 is 0 Å². The van der Waals surface area contributed by atoms with Gasteiger partial charge in [0, 0.05) is 41.8 Å². The number of nitrogens with one attached hydrogen (secondary N) is 1. The van der Waals surface area contributed by atoms with E-state index in [1.54, 1.807) is 18.6 Å². The Morgan fingerprint density at radius 1 is 1.00 bits per heavy atom. The second-order valence-corrected chi connectivity index (χ2v) is 8.08. The fraction of sp³-hybridized carbons (Fsp3) is 0.273. The Bertz CT molecular complexity index is 1170. The first-order valence-corrected chi connectivity index (χ1v) is 10.5. The van der Waals surface area contributed by atoms with E-state index in [4.69, 9.17) is 22.3 Å². The average molecular weight is 420 g/mol. The van der Waals surface area contributed by atoms with Gasteiger partial charge in [-0.1, -0.05) is 17.7 Å². The van der Waals surface area contributed by atoms with Crippen LogP contribution in [0.15, 0.2) is 55.2 Å². The number of rotatable bonds is 4. The third-order valence-corrected chi connectivity index (χ3v) is 5.87. The maximum atomic E-state index is 6.49. The van der Waals surface area contributed by atoms with Crippen molar-refractivity contribution in [1.82, 2.24) is 24.3 Å². The van der Waals surface area contributed by atoms with E-state index in [9.17, 15) is 0 Å². The molecular formula is C22H22ClN7. The van der Waals surface area contributed by atoms with Gasteiger partial charge in [0.25, 0.3) is 0 Å². The molecule has 0 unspecified atom stereocenters. The van der Waals surface area contributed by atoms with Crippen LogP contribution in [0.25, 0.3) is 28.2 Å². The molecule has 152 valence electrons. The molecule has 4 heterocycles. The van der Waals surface area contributed by atoms with Crippen LogP contribution in [-0.2, 0) is 0 Å². The fourth-order valence-corrected chi connectivity index (χ4v) is 4.11. The van der Waals surface area contributed by atoms with Crippen molar-refractivity contribution in [1.29, 1.82) is 0 Å². The van der Waals surface area contributed by atoms with Gasteiger partial charge in [-0.15, -0.1) is 0 Å². The molecule has 0 aromatic carbocycles. The number of hydrogen-bond donors (Lipinski definition) is 2. The number of imidazole rings is 1. The van der Waals surface area contributed by atoms with Crippen LogP contribution in [0.2, 0.25) is 5.02 Å². The Labute approximate surface area is 179 Å². The van der Waals surface area contributed by atoms with E-state index in [0.29, 0.717) is 28.7 Å². The lowest BCUT2D eigenvalue weighted by molar-refractivity contribution is 0.410. The molecule has 5 rings (SSSR count). The van der Waals surface area contributed by atoms with Gasteiger partial charge in [0.05, 0.1) is 23.1 Å². The number of fused-ring (bicyclic) bond motifs is 1. The molecule has 1 saturated carbocycles. The molecule has 3 N–H and O–H groups in total. The molecule has 0 radical (unpaired) electrons. The number of aromatic nitrogens is 5. The van der Waals surface area contributed by atoms with Gasteiger partial charge in [0.15, 0.2) is 0 Å². The van der Waals surface area contributed by atoms with E-state index in [1.165, 1.54) is 0 Å². The standard InChI is InChI=1S/C22H22ClN7/c23-18-11-27-22(28-17-6-4-16(24)5-7-17)29-21(18)19-12-26-20-8-3-15(13-30(19)20)14-2-1-9-25-10-14/h1-3,8-13,16-17H,4-7,24H2,(H,27,28,29)/t16-,17-. The van der Waals surface area contributed by atoms with Crippen LogP contribution in [0.3, 0.4) is 0 Å². The first kappa shape index (κ1) is 19.0. The van der Waals surface area contributed by atoms with Gasteiger partial charge in [-0.05, 0) is 43.9 Å². The zero-order chi connectivity index (χ0) is 20.5. The maximum absolute atomic E-state index is 6.49. The third-order valence-electron chi connectivity index (χ3n) is 5.59. The number of anilines is 1. The monoisotopic (exact) mass is 419 g/mol. The Balaban J connectivity index is 1.50. The van der Waals surface area contributed by atoms with Crippen LogP contribution in [-0.4, -0.2) is 36.4 Å². The van der Waals surface area contributed by atoms with Crippen molar-refractivity contribution < 1.29 is 0 Å². The quantitative estimate of drug-likeness (QED) is 0.515. The summed E-state index contributed by atoms with van der Waals surface area (Å²) in [5.74, 6) is 0.577. The molecule has 7 nitrogen and oxygen atoms in total. The summed E-state index contributed by atoms with van der Waals surface area (Å²) >= 11 is 6.49. The SMILES string of the molecule is N[C@H]1CC[C@H](Nc2ncc(Cl)c(-c3cnc4ccc(-c5cccnc5)cn34)n2)CC1.